The zero-order chi connectivity index (χ0) is 19.5. The number of para-hydroxylation sites is 1. The van der Waals surface area contributed by atoms with Crippen LogP contribution in [0.4, 0.5) is 0 Å². The van der Waals surface area contributed by atoms with Crippen molar-refractivity contribution in [1.29, 1.82) is 0 Å². The Bertz CT molecular complexity index is 943. The lowest BCUT2D eigenvalue weighted by atomic mass is 9.90. The van der Waals surface area contributed by atoms with E-state index in [2.05, 4.69) is 59.5 Å². The predicted octanol–water partition coefficient (Wildman–Crippen LogP) is 2.24. The molecule has 1 aliphatic rings. The standard InChI is InChI=1S/C23H27N3O2/c1-3-28-23(27)17-10-13-26(14-11-17)22(18-7-6-12-24-15-18)21-16(2)25-20-9-5-4-8-19(20)21/h4-9,12,15,17,22,25H,3,10-11,13-14H2,1-2H3/p+2. The molecule has 3 heterocycles. The van der Waals surface area contributed by atoms with Gasteiger partial charge >= 0.3 is 5.97 Å². The quantitative estimate of drug-likeness (QED) is 0.668. The van der Waals surface area contributed by atoms with E-state index in [-0.39, 0.29) is 17.9 Å². The topological polar surface area (TPSA) is 60.7 Å². The Morgan fingerprint density at radius 2 is 2.04 bits per heavy atom. The molecule has 0 amide bonds. The SMILES string of the molecule is CCOC(=O)C1CC[NH+](C(c2ccc[nH+]c2)c2c(C)[nH]c3ccccc23)CC1. The van der Waals surface area contributed by atoms with Crippen LogP contribution >= 0.6 is 0 Å². The number of carbonyl (C=O) groups excluding carboxylic acids is 1. The molecule has 5 nitrogen and oxygen atoms in total. The normalized spacial score (nSPS) is 20.8. The van der Waals surface area contributed by atoms with Crippen LogP contribution in [0.15, 0.2) is 48.8 Å². The maximum atomic E-state index is 12.2. The van der Waals surface area contributed by atoms with Crippen LogP contribution < -0.4 is 9.88 Å². The highest BCUT2D eigenvalue weighted by molar-refractivity contribution is 5.85. The number of aryl methyl sites for hydroxylation is 1. The molecule has 2 aromatic heterocycles. The third kappa shape index (κ3) is 3.54. The monoisotopic (exact) mass is 379 g/mol. The van der Waals surface area contributed by atoms with Gasteiger partial charge in [0.2, 0.25) is 0 Å². The van der Waals surface area contributed by atoms with Gasteiger partial charge in [0.05, 0.1) is 31.2 Å². The molecule has 0 radical (unpaired) electrons. The molecule has 1 aromatic carbocycles. The zero-order valence-corrected chi connectivity index (χ0v) is 16.6. The largest absolute Gasteiger partial charge is 0.466 e. The summed E-state index contributed by atoms with van der Waals surface area (Å²) in [6.45, 7) is 6.42. The summed E-state index contributed by atoms with van der Waals surface area (Å²) in [7, 11) is 0. The summed E-state index contributed by atoms with van der Waals surface area (Å²) in [5.41, 5.74) is 5.04. The van der Waals surface area contributed by atoms with Gasteiger partial charge in [-0.05, 0) is 26.0 Å². The van der Waals surface area contributed by atoms with E-state index in [9.17, 15) is 4.79 Å². The Morgan fingerprint density at radius 1 is 1.25 bits per heavy atom. The predicted molar refractivity (Wildman–Crippen MR) is 108 cm³/mol. The molecule has 1 atom stereocenters. The number of hydrogen-bond acceptors (Lipinski definition) is 2. The van der Waals surface area contributed by atoms with Crippen molar-refractivity contribution in [1.82, 2.24) is 4.98 Å². The van der Waals surface area contributed by atoms with Crippen molar-refractivity contribution in [3.05, 3.63) is 65.6 Å². The highest BCUT2D eigenvalue weighted by Crippen LogP contribution is 2.30. The zero-order valence-electron chi connectivity index (χ0n) is 16.6. The molecule has 1 saturated heterocycles. The van der Waals surface area contributed by atoms with E-state index in [0.29, 0.717) is 6.61 Å². The van der Waals surface area contributed by atoms with Crippen molar-refractivity contribution in [3.8, 4) is 0 Å². The molecule has 0 aliphatic carbocycles. The number of nitrogens with one attached hydrogen (secondary N) is 3. The Balaban J connectivity index is 1.68. The van der Waals surface area contributed by atoms with Crippen LogP contribution in [0.2, 0.25) is 0 Å². The molecule has 28 heavy (non-hydrogen) atoms. The maximum Gasteiger partial charge on any atom is 0.309 e. The van der Waals surface area contributed by atoms with Crippen LogP contribution in [0.5, 0.6) is 0 Å². The van der Waals surface area contributed by atoms with E-state index < -0.39 is 0 Å². The van der Waals surface area contributed by atoms with Gasteiger partial charge in [0.15, 0.2) is 12.4 Å². The number of aromatic amines is 2. The van der Waals surface area contributed by atoms with E-state index in [1.807, 2.05) is 13.1 Å². The van der Waals surface area contributed by atoms with Gasteiger partial charge in [-0.3, -0.25) is 4.79 Å². The second-order valence-corrected chi connectivity index (χ2v) is 7.66. The molecular formula is C23H29N3O2+2. The van der Waals surface area contributed by atoms with Crippen LogP contribution in [0.25, 0.3) is 10.9 Å². The lowest BCUT2D eigenvalue weighted by Crippen LogP contribution is -3.13. The summed E-state index contributed by atoms with van der Waals surface area (Å²) in [4.78, 5) is 20.5. The molecule has 1 fully saturated rings. The number of fused-ring (bicyclic) bond motifs is 1. The molecule has 1 aliphatic heterocycles. The summed E-state index contributed by atoms with van der Waals surface area (Å²) in [6, 6.07) is 13.0. The average Bonchev–Trinajstić information content (AvgIpc) is 3.06. The van der Waals surface area contributed by atoms with E-state index >= 15 is 0 Å². The molecular weight excluding hydrogens is 350 g/mol. The molecule has 1 unspecified atom stereocenters. The third-order valence-corrected chi connectivity index (χ3v) is 5.95. The van der Waals surface area contributed by atoms with Crippen molar-refractivity contribution in [3.63, 3.8) is 0 Å². The Kier molecular flexibility index (Phi) is 5.44. The molecule has 4 rings (SSSR count). The summed E-state index contributed by atoms with van der Waals surface area (Å²) < 4.78 is 5.25. The van der Waals surface area contributed by atoms with Gasteiger partial charge in [0.1, 0.15) is 6.04 Å². The van der Waals surface area contributed by atoms with Crippen LogP contribution in [0.1, 0.15) is 42.6 Å². The van der Waals surface area contributed by atoms with Crippen LogP contribution in [-0.2, 0) is 9.53 Å². The van der Waals surface area contributed by atoms with Gasteiger partial charge in [-0.25, -0.2) is 4.98 Å². The first-order valence-corrected chi connectivity index (χ1v) is 10.2. The number of rotatable bonds is 5. The number of esters is 1. The summed E-state index contributed by atoms with van der Waals surface area (Å²) >= 11 is 0. The van der Waals surface area contributed by atoms with Crippen LogP contribution in [0, 0.1) is 12.8 Å². The first kappa shape index (κ1) is 18.7. The molecule has 3 aromatic rings. The van der Waals surface area contributed by atoms with Crippen LogP contribution in [-0.4, -0.2) is 30.6 Å². The van der Waals surface area contributed by atoms with Crippen molar-refractivity contribution >= 4 is 16.9 Å². The van der Waals surface area contributed by atoms with Crippen molar-refractivity contribution < 1.29 is 19.4 Å². The Labute approximate surface area is 165 Å². The summed E-state index contributed by atoms with van der Waals surface area (Å²) in [6.07, 6.45) is 5.81. The lowest BCUT2D eigenvalue weighted by Gasteiger charge is -2.34. The fourth-order valence-corrected chi connectivity index (χ4v) is 4.64. The minimum Gasteiger partial charge on any atom is -0.466 e. The number of ether oxygens (including phenoxy) is 1. The van der Waals surface area contributed by atoms with Gasteiger partial charge in [0.25, 0.3) is 0 Å². The molecule has 0 spiro atoms. The fourth-order valence-electron chi connectivity index (χ4n) is 4.64. The average molecular weight is 380 g/mol. The second kappa shape index (κ2) is 8.15. The van der Waals surface area contributed by atoms with Gasteiger partial charge in [-0.15, -0.1) is 0 Å². The first-order valence-electron chi connectivity index (χ1n) is 10.2. The van der Waals surface area contributed by atoms with Crippen molar-refractivity contribution in [2.24, 2.45) is 5.92 Å². The number of pyridine rings is 1. The number of quaternary nitrogens is 1. The van der Waals surface area contributed by atoms with Crippen LogP contribution in [0.3, 0.4) is 0 Å². The number of aromatic nitrogens is 2. The van der Waals surface area contributed by atoms with Gasteiger partial charge in [-0.2, -0.15) is 0 Å². The number of H-pyrrole nitrogens is 2. The number of likely N-dealkylation sites (tertiary alicyclic amines) is 1. The highest BCUT2D eigenvalue weighted by atomic mass is 16.5. The van der Waals surface area contributed by atoms with Crippen molar-refractivity contribution in [2.45, 2.75) is 32.7 Å². The number of carbonyl (C=O) groups is 1. The van der Waals surface area contributed by atoms with E-state index in [4.69, 9.17) is 4.74 Å². The molecule has 0 bridgehead atoms. The summed E-state index contributed by atoms with van der Waals surface area (Å²) in [5.74, 6) is 0.00479. The first-order chi connectivity index (χ1) is 13.7. The lowest BCUT2D eigenvalue weighted by molar-refractivity contribution is -0.931. The number of benzene rings is 1. The highest BCUT2D eigenvalue weighted by Gasteiger charge is 2.36. The summed E-state index contributed by atoms with van der Waals surface area (Å²) in [5, 5.41) is 1.29. The third-order valence-electron chi connectivity index (χ3n) is 5.95. The fraction of sp³-hybridized carbons (Fsp3) is 0.391. The Morgan fingerprint density at radius 3 is 2.75 bits per heavy atom. The van der Waals surface area contributed by atoms with Gasteiger partial charge in [0, 0.05) is 41.1 Å². The second-order valence-electron chi connectivity index (χ2n) is 7.66. The van der Waals surface area contributed by atoms with Gasteiger partial charge < -0.3 is 14.6 Å². The number of hydrogen-bond donors (Lipinski definition) is 2. The molecule has 146 valence electrons. The van der Waals surface area contributed by atoms with Gasteiger partial charge in [-0.1, -0.05) is 18.2 Å². The van der Waals surface area contributed by atoms with E-state index in [1.54, 1.807) is 0 Å². The molecule has 3 N–H and O–H groups in total. The Hall–Kier alpha value is -2.66. The minimum absolute atomic E-state index is 0.0329. The molecule has 5 heteroatoms. The number of piperidine rings is 1. The van der Waals surface area contributed by atoms with Crippen molar-refractivity contribution in [2.75, 3.05) is 19.7 Å². The molecule has 0 saturated carbocycles. The van der Waals surface area contributed by atoms with E-state index in [1.165, 1.54) is 32.6 Å². The van der Waals surface area contributed by atoms with E-state index in [0.717, 1.165) is 25.9 Å². The minimum atomic E-state index is -0.0329. The maximum absolute atomic E-state index is 12.2. The smallest absolute Gasteiger partial charge is 0.309 e.